The number of benzene rings is 3. The fourth-order valence-corrected chi connectivity index (χ4v) is 4.45. The molecule has 1 aromatic heterocycles. The van der Waals surface area contributed by atoms with Crippen molar-refractivity contribution in [3.8, 4) is 34.2 Å². The van der Waals surface area contributed by atoms with Crippen LogP contribution in [0.2, 0.25) is 0 Å². The van der Waals surface area contributed by atoms with Gasteiger partial charge < -0.3 is 0 Å². The quantitative estimate of drug-likeness (QED) is 0.173. The highest BCUT2D eigenvalue weighted by atomic mass is 79.9. The average molecular weight is 541 g/mol. The van der Waals surface area contributed by atoms with Crippen LogP contribution in [0, 0.1) is 17.7 Å². The van der Waals surface area contributed by atoms with Crippen molar-refractivity contribution in [3.63, 3.8) is 0 Å². The summed E-state index contributed by atoms with van der Waals surface area (Å²) in [7, 11) is -1.60. The third-order valence-electron chi connectivity index (χ3n) is 5.24. The average Bonchev–Trinajstić information content (AvgIpc) is 3.11. The Morgan fingerprint density at radius 3 is 2.65 bits per heavy atom. The lowest BCUT2D eigenvalue weighted by Gasteiger charge is -2.08. The van der Waals surface area contributed by atoms with Gasteiger partial charge in [0.25, 0.3) is 10.1 Å². The van der Waals surface area contributed by atoms with E-state index in [1.807, 2.05) is 55.6 Å². The van der Waals surface area contributed by atoms with Crippen molar-refractivity contribution < 1.29 is 17.0 Å². The minimum absolute atomic E-state index is 0.0982. The summed E-state index contributed by atoms with van der Waals surface area (Å²) in [4.78, 5) is 0. The molecule has 5 nitrogen and oxygen atoms in total. The summed E-state index contributed by atoms with van der Waals surface area (Å²) in [6.07, 6.45) is 2.01. The van der Waals surface area contributed by atoms with Gasteiger partial charge in [0.1, 0.15) is 11.5 Å². The van der Waals surface area contributed by atoms with E-state index < -0.39 is 10.1 Å². The van der Waals surface area contributed by atoms with Gasteiger partial charge in [-0.3, -0.25) is 8.86 Å². The number of rotatable bonds is 6. The van der Waals surface area contributed by atoms with Crippen molar-refractivity contribution in [1.29, 1.82) is 0 Å². The number of hydrogen-bond donors (Lipinski definition) is 0. The maximum absolute atomic E-state index is 15.3. The largest absolute Gasteiger partial charge is 0.270 e. The fraction of sp³-hybridized carbons (Fsp3) is 0.192. The van der Waals surface area contributed by atoms with Crippen LogP contribution >= 0.6 is 15.9 Å². The van der Waals surface area contributed by atoms with E-state index in [-0.39, 0.29) is 12.4 Å². The number of hydrogen-bond acceptors (Lipinski definition) is 4. The number of fused-ring (bicyclic) bond motifs is 1. The van der Waals surface area contributed by atoms with Crippen molar-refractivity contribution >= 4 is 37.0 Å². The van der Waals surface area contributed by atoms with Crippen LogP contribution in [-0.2, 0) is 21.3 Å². The van der Waals surface area contributed by atoms with Gasteiger partial charge in [-0.1, -0.05) is 52.0 Å². The summed E-state index contributed by atoms with van der Waals surface area (Å²) < 4.78 is 44.7. The molecule has 174 valence electrons. The highest BCUT2D eigenvalue weighted by Gasteiger charge is 2.16. The molecule has 3 aromatic carbocycles. The fourth-order valence-electron chi connectivity index (χ4n) is 3.68. The van der Waals surface area contributed by atoms with Crippen LogP contribution in [0.1, 0.15) is 18.4 Å². The van der Waals surface area contributed by atoms with E-state index in [2.05, 4.69) is 32.9 Å². The molecule has 0 spiro atoms. The number of aromatic nitrogens is 2. The second kappa shape index (κ2) is 10.1. The van der Waals surface area contributed by atoms with Crippen LogP contribution in [0.4, 0.5) is 4.39 Å². The summed E-state index contributed by atoms with van der Waals surface area (Å²) in [6.45, 7) is 0.0982. The first kappa shape index (κ1) is 24.1. The molecular weight excluding hydrogens is 519 g/mol. The maximum atomic E-state index is 15.3. The third-order valence-corrected chi connectivity index (χ3v) is 6.33. The summed E-state index contributed by atoms with van der Waals surface area (Å²) in [5.74, 6) is 5.79. The highest BCUT2D eigenvalue weighted by molar-refractivity contribution is 9.10. The van der Waals surface area contributed by atoms with Gasteiger partial charge >= 0.3 is 0 Å². The van der Waals surface area contributed by atoms with Crippen molar-refractivity contribution in [2.75, 3.05) is 12.9 Å². The van der Waals surface area contributed by atoms with Crippen molar-refractivity contribution in [1.82, 2.24) is 9.78 Å². The van der Waals surface area contributed by atoms with Gasteiger partial charge in [0, 0.05) is 34.5 Å². The van der Waals surface area contributed by atoms with Gasteiger partial charge in [0.2, 0.25) is 0 Å². The molecule has 0 aliphatic rings. The molecule has 4 rings (SSSR count). The molecular formula is C26H22BrFN2O3S. The molecule has 1 heterocycles. The number of nitrogens with zero attached hydrogens (tertiary/aromatic N) is 2. The van der Waals surface area contributed by atoms with Gasteiger partial charge in [0.15, 0.2) is 0 Å². The van der Waals surface area contributed by atoms with E-state index in [1.165, 1.54) is 6.07 Å². The molecule has 34 heavy (non-hydrogen) atoms. The van der Waals surface area contributed by atoms with Crippen LogP contribution in [0.25, 0.3) is 33.3 Å². The Balaban J connectivity index is 1.60. The molecule has 0 saturated carbocycles. The molecule has 0 unspecified atom stereocenters. The lowest BCUT2D eigenvalue weighted by atomic mass is 9.97. The molecule has 0 atom stereocenters. The lowest BCUT2D eigenvalue weighted by molar-refractivity contribution is 0.317. The van der Waals surface area contributed by atoms with Gasteiger partial charge in [-0.2, -0.15) is 13.5 Å². The predicted octanol–water partition coefficient (Wildman–Crippen LogP) is 5.92. The van der Waals surface area contributed by atoms with Crippen LogP contribution in [0.3, 0.4) is 0 Å². The van der Waals surface area contributed by atoms with E-state index >= 15 is 4.39 Å². The standard InChI is InChI=1S/C26H22BrFN2O3S/c1-30-25-17-20(27)12-14-23(25)26(29-30)22-13-11-19(16-24(22)28)21-10-6-5-9-18(21)8-4-3-7-15-33-34(2,31)32/h5-6,9-14,16-17H,3,7,15H2,1-2H3. The molecule has 0 radical (unpaired) electrons. The van der Waals surface area contributed by atoms with E-state index in [0.717, 1.165) is 38.3 Å². The van der Waals surface area contributed by atoms with E-state index in [9.17, 15) is 8.42 Å². The summed E-state index contributed by atoms with van der Waals surface area (Å²) in [5, 5.41) is 5.43. The molecule has 0 aliphatic carbocycles. The first-order valence-electron chi connectivity index (χ1n) is 10.6. The third kappa shape index (κ3) is 5.55. The maximum Gasteiger partial charge on any atom is 0.264 e. The van der Waals surface area contributed by atoms with E-state index in [1.54, 1.807) is 10.7 Å². The van der Waals surface area contributed by atoms with E-state index in [4.69, 9.17) is 4.18 Å². The van der Waals surface area contributed by atoms with Gasteiger partial charge in [-0.05, 0) is 53.9 Å². The monoisotopic (exact) mass is 540 g/mol. The van der Waals surface area contributed by atoms with E-state index in [0.29, 0.717) is 24.1 Å². The Hall–Kier alpha value is -2.99. The van der Waals surface area contributed by atoms with Crippen LogP contribution < -0.4 is 0 Å². The number of unbranched alkanes of at least 4 members (excludes halogenated alkanes) is 1. The molecule has 0 saturated heterocycles. The van der Waals surface area contributed by atoms with Crippen molar-refractivity contribution in [2.45, 2.75) is 12.8 Å². The zero-order chi connectivity index (χ0) is 24.3. The molecule has 0 fully saturated rings. The van der Waals surface area contributed by atoms with Crippen molar-refractivity contribution in [2.24, 2.45) is 7.05 Å². The van der Waals surface area contributed by atoms with Gasteiger partial charge in [0.05, 0.1) is 18.4 Å². The number of aryl methyl sites for hydroxylation is 1. The second-order valence-corrected chi connectivity index (χ2v) is 10.4. The SMILES string of the molecule is Cn1nc(-c2ccc(-c3ccccc3C#CCCCOS(C)(=O)=O)cc2F)c2ccc(Br)cc21. The summed E-state index contributed by atoms with van der Waals surface area (Å²) >= 11 is 3.47. The van der Waals surface area contributed by atoms with Crippen LogP contribution in [-0.4, -0.2) is 31.1 Å². The first-order chi connectivity index (χ1) is 16.2. The first-order valence-corrected chi connectivity index (χ1v) is 13.2. The minimum Gasteiger partial charge on any atom is -0.270 e. The Bertz CT molecular complexity index is 1530. The molecule has 0 bridgehead atoms. The molecule has 0 amide bonds. The Labute approximate surface area is 206 Å². The summed E-state index contributed by atoms with van der Waals surface area (Å²) in [6, 6.07) is 18.5. The number of halogens is 2. The normalized spacial score (nSPS) is 11.4. The molecule has 4 aromatic rings. The smallest absolute Gasteiger partial charge is 0.264 e. The Morgan fingerprint density at radius 2 is 1.88 bits per heavy atom. The minimum atomic E-state index is -3.44. The molecule has 8 heteroatoms. The molecule has 0 N–H and O–H groups in total. The van der Waals surface area contributed by atoms with Crippen LogP contribution in [0.5, 0.6) is 0 Å². The van der Waals surface area contributed by atoms with Crippen molar-refractivity contribution in [3.05, 3.63) is 76.5 Å². The second-order valence-electron chi connectivity index (χ2n) is 7.81. The highest BCUT2D eigenvalue weighted by Crippen LogP contribution is 2.33. The van der Waals surface area contributed by atoms with Gasteiger partial charge in [-0.25, -0.2) is 4.39 Å². The van der Waals surface area contributed by atoms with Crippen LogP contribution in [0.15, 0.2) is 65.1 Å². The Kier molecular flexibility index (Phi) is 7.17. The Morgan fingerprint density at radius 1 is 1.09 bits per heavy atom. The van der Waals surface area contributed by atoms with Gasteiger partial charge in [-0.15, -0.1) is 0 Å². The predicted molar refractivity (Wildman–Crippen MR) is 136 cm³/mol. The summed E-state index contributed by atoms with van der Waals surface area (Å²) in [5.41, 5.74) is 4.25. The lowest BCUT2D eigenvalue weighted by Crippen LogP contribution is -2.03. The molecule has 0 aliphatic heterocycles. The zero-order valence-electron chi connectivity index (χ0n) is 18.7. The zero-order valence-corrected chi connectivity index (χ0v) is 21.1. The topological polar surface area (TPSA) is 61.2 Å².